The van der Waals surface area contributed by atoms with Crippen LogP contribution in [0.25, 0.3) is 0 Å². The van der Waals surface area contributed by atoms with Crippen LogP contribution in [-0.4, -0.2) is 24.2 Å². The van der Waals surface area contributed by atoms with Crippen molar-refractivity contribution in [3.05, 3.63) is 39.8 Å². The van der Waals surface area contributed by atoms with Crippen molar-refractivity contribution in [3.8, 4) is 17.6 Å². The third-order valence-electron chi connectivity index (χ3n) is 4.29. The molecule has 0 spiro atoms. The maximum Gasteiger partial charge on any atom is 0.257 e. The summed E-state index contributed by atoms with van der Waals surface area (Å²) in [6, 6.07) is 7.24. The molecule has 26 heavy (non-hydrogen) atoms. The molecule has 0 atom stereocenters. The Balaban J connectivity index is 1.45. The van der Waals surface area contributed by atoms with Gasteiger partial charge in [-0.15, -0.1) is 11.3 Å². The first kappa shape index (κ1) is 16.8. The molecule has 2 aromatic rings. The molecule has 2 heterocycles. The fourth-order valence-electron chi connectivity index (χ4n) is 3.10. The van der Waals surface area contributed by atoms with E-state index in [1.165, 1.54) is 16.2 Å². The molecule has 2 N–H and O–H groups in total. The molecule has 2 aliphatic rings. The predicted octanol–water partition coefficient (Wildman–Crippen LogP) is 3.01. The van der Waals surface area contributed by atoms with Gasteiger partial charge in [-0.1, -0.05) is 0 Å². The van der Waals surface area contributed by atoms with E-state index in [0.717, 1.165) is 24.8 Å². The highest BCUT2D eigenvalue weighted by molar-refractivity contribution is 7.80. The number of benzene rings is 1. The lowest BCUT2D eigenvalue weighted by Crippen LogP contribution is -2.34. The number of rotatable bonds is 2. The van der Waals surface area contributed by atoms with Crippen molar-refractivity contribution in [3.63, 3.8) is 0 Å². The van der Waals surface area contributed by atoms with Crippen LogP contribution in [0.4, 0.5) is 5.00 Å². The van der Waals surface area contributed by atoms with Crippen LogP contribution in [0.1, 0.15) is 32.8 Å². The molecular formula is C18H15N3O3S2. The summed E-state index contributed by atoms with van der Waals surface area (Å²) >= 11 is 6.78. The summed E-state index contributed by atoms with van der Waals surface area (Å²) < 4.78 is 10.9. The number of thiocarbonyl (C=S) groups is 1. The fraction of sp³-hybridized carbons (Fsp3) is 0.278. The number of anilines is 1. The lowest BCUT2D eigenvalue weighted by Gasteiger charge is -2.18. The van der Waals surface area contributed by atoms with E-state index >= 15 is 0 Å². The smallest absolute Gasteiger partial charge is 0.257 e. The molecule has 0 saturated carbocycles. The molecule has 1 aliphatic heterocycles. The zero-order valence-corrected chi connectivity index (χ0v) is 15.4. The zero-order chi connectivity index (χ0) is 18.1. The van der Waals surface area contributed by atoms with E-state index < -0.39 is 0 Å². The number of nitrogens with zero attached hydrogens (tertiary/aromatic N) is 1. The van der Waals surface area contributed by atoms with E-state index in [1.807, 2.05) is 0 Å². The number of hydrogen-bond donors (Lipinski definition) is 2. The Morgan fingerprint density at radius 3 is 2.85 bits per heavy atom. The quantitative estimate of drug-likeness (QED) is 0.774. The summed E-state index contributed by atoms with van der Waals surface area (Å²) in [6.45, 7) is 0.955. The number of nitrogens with one attached hydrogen (secondary N) is 2. The van der Waals surface area contributed by atoms with Crippen molar-refractivity contribution in [2.75, 3.05) is 18.5 Å². The van der Waals surface area contributed by atoms with Crippen molar-refractivity contribution in [2.45, 2.75) is 19.3 Å². The van der Waals surface area contributed by atoms with E-state index in [2.05, 4.69) is 16.7 Å². The highest BCUT2D eigenvalue weighted by Crippen LogP contribution is 2.38. The summed E-state index contributed by atoms with van der Waals surface area (Å²) in [5.41, 5.74) is 2.17. The third-order valence-corrected chi connectivity index (χ3v) is 5.70. The second kappa shape index (κ2) is 6.94. The van der Waals surface area contributed by atoms with E-state index in [1.54, 1.807) is 18.2 Å². The number of amides is 1. The second-order valence-corrected chi connectivity index (χ2v) is 7.45. The highest BCUT2D eigenvalue weighted by atomic mass is 32.1. The zero-order valence-electron chi connectivity index (χ0n) is 13.8. The second-order valence-electron chi connectivity index (χ2n) is 5.94. The third kappa shape index (κ3) is 3.11. The van der Waals surface area contributed by atoms with Crippen LogP contribution in [0.15, 0.2) is 18.2 Å². The van der Waals surface area contributed by atoms with Gasteiger partial charge in [0, 0.05) is 10.4 Å². The van der Waals surface area contributed by atoms with Crippen LogP contribution in [0.3, 0.4) is 0 Å². The lowest BCUT2D eigenvalue weighted by molar-refractivity contribution is 0.0976. The Morgan fingerprint density at radius 1 is 1.23 bits per heavy atom. The van der Waals surface area contributed by atoms with Crippen LogP contribution < -0.4 is 20.1 Å². The van der Waals surface area contributed by atoms with E-state index in [4.69, 9.17) is 21.7 Å². The minimum Gasteiger partial charge on any atom is -0.486 e. The fourth-order valence-corrected chi connectivity index (χ4v) is 4.61. The number of thiophene rings is 1. The number of fused-ring (bicyclic) bond motifs is 2. The molecule has 6 nitrogen and oxygen atoms in total. The summed E-state index contributed by atoms with van der Waals surface area (Å²) in [7, 11) is 0. The van der Waals surface area contributed by atoms with Crippen LogP contribution in [0, 0.1) is 11.3 Å². The molecule has 0 fully saturated rings. The van der Waals surface area contributed by atoms with Gasteiger partial charge in [0.2, 0.25) is 0 Å². The van der Waals surface area contributed by atoms with Crippen molar-refractivity contribution >= 4 is 39.6 Å². The maximum absolute atomic E-state index is 12.4. The molecule has 1 aromatic carbocycles. The lowest BCUT2D eigenvalue weighted by atomic mass is 10.1. The van der Waals surface area contributed by atoms with Gasteiger partial charge in [-0.25, -0.2) is 0 Å². The standard InChI is InChI=1S/C18H15N3O3S2/c19-9-12-11-2-1-3-15(11)26-17(12)21-18(25)20-16(22)10-4-5-13-14(8-10)24-7-6-23-13/h4-5,8H,1-3,6-7H2,(H2,20,21,22,25). The van der Waals surface area contributed by atoms with Gasteiger partial charge < -0.3 is 14.8 Å². The Hall–Kier alpha value is -2.63. The average molecular weight is 385 g/mol. The number of carbonyl (C=O) groups is 1. The molecule has 0 radical (unpaired) electrons. The van der Waals surface area contributed by atoms with E-state index in [-0.39, 0.29) is 11.0 Å². The van der Waals surface area contributed by atoms with Crippen molar-refractivity contribution in [1.29, 1.82) is 5.26 Å². The largest absolute Gasteiger partial charge is 0.486 e. The summed E-state index contributed by atoms with van der Waals surface area (Å²) in [4.78, 5) is 13.7. The van der Waals surface area contributed by atoms with Crippen LogP contribution in [-0.2, 0) is 12.8 Å². The molecule has 4 rings (SSSR count). The van der Waals surface area contributed by atoms with Gasteiger partial charge in [-0.3, -0.25) is 10.1 Å². The molecule has 0 unspecified atom stereocenters. The summed E-state index contributed by atoms with van der Waals surface area (Å²) in [5.74, 6) is 0.826. The monoisotopic (exact) mass is 385 g/mol. The SMILES string of the molecule is N#Cc1c(NC(=S)NC(=O)c2ccc3c(c2)OCCO3)sc2c1CCC2. The molecule has 8 heteroatoms. The number of hydrogen-bond acceptors (Lipinski definition) is 6. The maximum atomic E-state index is 12.4. The van der Waals surface area contributed by atoms with E-state index in [9.17, 15) is 10.1 Å². The van der Waals surface area contributed by atoms with E-state index in [0.29, 0.717) is 40.8 Å². The Morgan fingerprint density at radius 2 is 2.04 bits per heavy atom. The van der Waals surface area contributed by atoms with Gasteiger partial charge >= 0.3 is 0 Å². The first-order valence-corrected chi connectivity index (χ1v) is 9.45. The van der Waals surface area contributed by atoms with Gasteiger partial charge in [0.15, 0.2) is 16.6 Å². The highest BCUT2D eigenvalue weighted by Gasteiger charge is 2.23. The molecule has 0 bridgehead atoms. The predicted molar refractivity (Wildman–Crippen MR) is 102 cm³/mol. The first-order valence-electron chi connectivity index (χ1n) is 8.22. The topological polar surface area (TPSA) is 83.4 Å². The summed E-state index contributed by atoms with van der Waals surface area (Å²) in [5, 5.41) is 15.9. The normalized spacial score (nSPS) is 14.3. The van der Waals surface area contributed by atoms with Gasteiger partial charge in [0.25, 0.3) is 5.91 Å². The number of aryl methyl sites for hydroxylation is 1. The Labute approximate surface area is 159 Å². The minimum absolute atomic E-state index is 0.168. The number of ether oxygens (including phenoxy) is 2. The summed E-state index contributed by atoms with van der Waals surface area (Å²) in [6.07, 6.45) is 3.00. The van der Waals surface area contributed by atoms with Crippen molar-refractivity contribution in [2.24, 2.45) is 0 Å². The van der Waals surface area contributed by atoms with Gasteiger partial charge in [0.1, 0.15) is 24.3 Å². The van der Waals surface area contributed by atoms with Crippen LogP contribution >= 0.6 is 23.6 Å². The molecule has 1 aromatic heterocycles. The van der Waals surface area contributed by atoms with Crippen LogP contribution in [0.5, 0.6) is 11.5 Å². The molecule has 1 amide bonds. The number of carbonyl (C=O) groups excluding carboxylic acids is 1. The Kier molecular flexibility index (Phi) is 4.49. The van der Waals surface area contributed by atoms with Gasteiger partial charge in [-0.2, -0.15) is 5.26 Å². The minimum atomic E-state index is -0.345. The van der Waals surface area contributed by atoms with Gasteiger partial charge in [-0.05, 0) is 55.2 Å². The molecule has 0 saturated heterocycles. The Bertz CT molecular complexity index is 946. The molecular weight excluding hydrogens is 370 g/mol. The molecule has 1 aliphatic carbocycles. The average Bonchev–Trinajstić information content (AvgIpc) is 3.21. The van der Waals surface area contributed by atoms with Gasteiger partial charge in [0.05, 0.1) is 5.56 Å². The first-order chi connectivity index (χ1) is 12.7. The number of nitriles is 1. The molecule has 132 valence electrons. The van der Waals surface area contributed by atoms with Crippen LogP contribution in [0.2, 0.25) is 0 Å². The van der Waals surface area contributed by atoms with Crippen molar-refractivity contribution < 1.29 is 14.3 Å². The van der Waals surface area contributed by atoms with Crippen molar-refractivity contribution in [1.82, 2.24) is 5.32 Å².